The number of allylic oxidation sites excluding steroid dienone is 1. The summed E-state index contributed by atoms with van der Waals surface area (Å²) in [6.45, 7) is 9.94. The number of carbonyl (C=O) groups is 1. The second-order valence-electron chi connectivity index (χ2n) is 12.3. The molecule has 0 aromatic carbocycles. The van der Waals surface area contributed by atoms with Gasteiger partial charge in [-0.15, -0.1) is 0 Å². The van der Waals surface area contributed by atoms with Crippen LogP contribution >= 0.6 is 0 Å². The van der Waals surface area contributed by atoms with Crippen LogP contribution in [0.5, 0.6) is 0 Å². The summed E-state index contributed by atoms with van der Waals surface area (Å²) in [7, 11) is 1.65. The topological polar surface area (TPSA) is 38.3 Å². The molecule has 0 spiro atoms. The first-order chi connectivity index (χ1) is 14.8. The van der Waals surface area contributed by atoms with E-state index in [0.29, 0.717) is 10.8 Å². The summed E-state index contributed by atoms with van der Waals surface area (Å²) >= 11 is 0. The Kier molecular flexibility index (Phi) is 6.80. The number of unbranched alkanes of at least 4 members (excludes halogenated alkanes) is 1. The number of nitrogens with one attached hydrogen (secondary N) is 1. The third-order valence-electron chi connectivity index (χ3n) is 10.3. The first-order valence-corrected chi connectivity index (χ1v) is 13.4. The molecule has 0 aromatic heterocycles. The fraction of sp³-hybridized carbons (Fsp3) is 0.893. The van der Waals surface area contributed by atoms with Crippen molar-refractivity contribution in [2.75, 3.05) is 7.05 Å². The highest BCUT2D eigenvalue weighted by Gasteiger charge is 2.58. The van der Waals surface area contributed by atoms with Crippen molar-refractivity contribution in [1.82, 2.24) is 5.32 Å². The lowest BCUT2D eigenvalue weighted by atomic mass is 9.47. The Morgan fingerprint density at radius 2 is 1.94 bits per heavy atom. The summed E-state index contributed by atoms with van der Waals surface area (Å²) in [5.41, 5.74) is 2.52. The number of alkyl carbamates (subject to hydrolysis) is 1. The van der Waals surface area contributed by atoms with E-state index in [1.54, 1.807) is 12.6 Å². The van der Waals surface area contributed by atoms with Crippen molar-refractivity contribution in [1.29, 1.82) is 0 Å². The Bertz CT molecular complexity index is 684. The van der Waals surface area contributed by atoms with Crippen molar-refractivity contribution in [2.24, 2.45) is 40.4 Å². The minimum atomic E-state index is -0.276. The van der Waals surface area contributed by atoms with Gasteiger partial charge in [0.2, 0.25) is 0 Å². The third kappa shape index (κ3) is 4.32. The van der Waals surface area contributed by atoms with Gasteiger partial charge in [-0.3, -0.25) is 0 Å². The van der Waals surface area contributed by atoms with E-state index in [0.717, 1.165) is 42.4 Å². The predicted molar refractivity (Wildman–Crippen MR) is 128 cm³/mol. The van der Waals surface area contributed by atoms with Gasteiger partial charge in [0.1, 0.15) is 6.10 Å². The van der Waals surface area contributed by atoms with E-state index in [9.17, 15) is 4.79 Å². The quantitative estimate of drug-likeness (QED) is 0.350. The molecule has 4 aliphatic carbocycles. The molecule has 0 aromatic rings. The van der Waals surface area contributed by atoms with Crippen molar-refractivity contribution in [3.63, 3.8) is 0 Å². The normalized spacial score (nSPS) is 41.7. The average molecular weight is 430 g/mol. The molecule has 4 rings (SSSR count). The zero-order valence-corrected chi connectivity index (χ0v) is 20.8. The van der Waals surface area contributed by atoms with Crippen LogP contribution in [0, 0.1) is 40.4 Å². The van der Waals surface area contributed by atoms with Gasteiger partial charge in [0.05, 0.1) is 0 Å². The molecule has 0 heterocycles. The van der Waals surface area contributed by atoms with Crippen LogP contribution in [0.25, 0.3) is 0 Å². The van der Waals surface area contributed by atoms with Gasteiger partial charge in [0.15, 0.2) is 0 Å². The summed E-state index contributed by atoms with van der Waals surface area (Å²) < 4.78 is 5.64. The van der Waals surface area contributed by atoms with E-state index in [1.807, 2.05) is 0 Å². The number of hydrogen-bond donors (Lipinski definition) is 1. The monoisotopic (exact) mass is 429 g/mol. The second-order valence-corrected chi connectivity index (χ2v) is 12.3. The molecule has 31 heavy (non-hydrogen) atoms. The Balaban J connectivity index is 1.42. The minimum Gasteiger partial charge on any atom is -0.446 e. The van der Waals surface area contributed by atoms with E-state index in [2.05, 4.69) is 39.1 Å². The lowest BCUT2D eigenvalue weighted by Gasteiger charge is -2.58. The molecule has 7 atom stereocenters. The van der Waals surface area contributed by atoms with Gasteiger partial charge in [0, 0.05) is 13.5 Å². The fourth-order valence-electron chi connectivity index (χ4n) is 8.46. The van der Waals surface area contributed by atoms with Gasteiger partial charge in [-0.05, 0) is 91.8 Å². The number of amides is 1. The van der Waals surface area contributed by atoms with Gasteiger partial charge >= 0.3 is 6.09 Å². The van der Waals surface area contributed by atoms with Crippen LogP contribution in [0.4, 0.5) is 4.79 Å². The van der Waals surface area contributed by atoms with Crippen LogP contribution in [0.15, 0.2) is 11.6 Å². The average Bonchev–Trinajstić information content (AvgIpc) is 3.07. The summed E-state index contributed by atoms with van der Waals surface area (Å²) in [6.07, 6.45) is 18.3. The van der Waals surface area contributed by atoms with E-state index in [1.165, 1.54) is 64.2 Å². The molecule has 1 N–H and O–H groups in total. The van der Waals surface area contributed by atoms with E-state index >= 15 is 0 Å². The molecule has 0 aliphatic heterocycles. The molecule has 0 bridgehead atoms. The van der Waals surface area contributed by atoms with E-state index < -0.39 is 0 Å². The molecule has 4 aliphatic rings. The van der Waals surface area contributed by atoms with Crippen molar-refractivity contribution in [3.05, 3.63) is 11.6 Å². The third-order valence-corrected chi connectivity index (χ3v) is 10.3. The lowest BCUT2D eigenvalue weighted by molar-refractivity contribution is -0.0518. The van der Waals surface area contributed by atoms with Gasteiger partial charge in [-0.25, -0.2) is 4.79 Å². The van der Waals surface area contributed by atoms with Gasteiger partial charge in [-0.2, -0.15) is 0 Å². The van der Waals surface area contributed by atoms with Gasteiger partial charge < -0.3 is 10.1 Å². The maximum atomic E-state index is 11.7. The minimum absolute atomic E-state index is 0.0615. The molecule has 1 amide bonds. The largest absolute Gasteiger partial charge is 0.446 e. The maximum Gasteiger partial charge on any atom is 0.407 e. The smallest absolute Gasteiger partial charge is 0.407 e. The Hall–Kier alpha value is -0.990. The lowest BCUT2D eigenvalue weighted by Crippen LogP contribution is -2.50. The highest BCUT2D eigenvalue weighted by Crippen LogP contribution is 2.66. The Labute approximate surface area is 191 Å². The molecule has 3 fully saturated rings. The van der Waals surface area contributed by atoms with Crippen molar-refractivity contribution < 1.29 is 9.53 Å². The Morgan fingerprint density at radius 3 is 2.68 bits per heavy atom. The first kappa shape index (κ1) is 23.2. The number of carbonyl (C=O) groups excluding carboxylic acids is 1. The second kappa shape index (κ2) is 9.10. The van der Waals surface area contributed by atoms with Gasteiger partial charge in [0.25, 0.3) is 0 Å². The standard InChI is InChI=1S/C28H47NO2/c1-19(2)8-6-7-9-20-11-13-24-23-12-10-21-18-22(31-26(30)29-5)14-16-28(21,4)25(23)15-17-27(20,24)3/h10,19-20,22-25H,6-9,11-18H2,1-5H3,(H,29,30)/t20?,22-,23-,24?,25?,27+,28-/m1/s1. The molecule has 3 saturated carbocycles. The summed E-state index contributed by atoms with van der Waals surface area (Å²) in [5, 5.41) is 2.62. The highest BCUT2D eigenvalue weighted by atomic mass is 16.6. The SMILES string of the molecule is CNC(=O)O[C@@H]1CC[C@]2(C)C(=CC[C@@H]3C4CCC(CCCCC(C)C)[C@]4(C)CCC32)C1. The van der Waals surface area contributed by atoms with Crippen molar-refractivity contribution >= 4 is 6.09 Å². The molecular formula is C28H47NO2. The van der Waals surface area contributed by atoms with Crippen LogP contribution in [0.1, 0.15) is 105 Å². The number of rotatable bonds is 6. The predicted octanol–water partition coefficient (Wildman–Crippen LogP) is 7.51. The summed E-state index contributed by atoms with van der Waals surface area (Å²) in [5.74, 6) is 4.45. The van der Waals surface area contributed by atoms with E-state index in [-0.39, 0.29) is 12.2 Å². The maximum absolute atomic E-state index is 11.7. The fourth-order valence-corrected chi connectivity index (χ4v) is 8.46. The van der Waals surface area contributed by atoms with Crippen molar-refractivity contribution in [3.8, 4) is 0 Å². The molecular weight excluding hydrogens is 382 g/mol. The number of ether oxygens (including phenoxy) is 1. The zero-order chi connectivity index (χ0) is 22.2. The molecule has 3 nitrogen and oxygen atoms in total. The molecule has 176 valence electrons. The van der Waals surface area contributed by atoms with Crippen LogP contribution in [0.2, 0.25) is 0 Å². The van der Waals surface area contributed by atoms with E-state index in [4.69, 9.17) is 4.74 Å². The van der Waals surface area contributed by atoms with Crippen LogP contribution in [-0.4, -0.2) is 19.2 Å². The van der Waals surface area contributed by atoms with Gasteiger partial charge in [-0.1, -0.05) is 58.6 Å². The van der Waals surface area contributed by atoms with Crippen LogP contribution < -0.4 is 5.32 Å². The first-order valence-electron chi connectivity index (χ1n) is 13.4. The number of hydrogen-bond acceptors (Lipinski definition) is 2. The van der Waals surface area contributed by atoms with Crippen LogP contribution in [-0.2, 0) is 4.74 Å². The molecule has 3 heteroatoms. The molecule has 3 unspecified atom stereocenters. The number of fused-ring (bicyclic) bond motifs is 5. The zero-order valence-electron chi connectivity index (χ0n) is 20.8. The summed E-state index contributed by atoms with van der Waals surface area (Å²) in [6, 6.07) is 0. The molecule has 0 radical (unpaired) electrons. The molecule has 0 saturated heterocycles. The summed E-state index contributed by atoms with van der Waals surface area (Å²) in [4.78, 5) is 11.7. The van der Waals surface area contributed by atoms with Crippen LogP contribution in [0.3, 0.4) is 0 Å². The highest BCUT2D eigenvalue weighted by molar-refractivity contribution is 5.66. The van der Waals surface area contributed by atoms with Crippen molar-refractivity contribution in [2.45, 2.75) is 111 Å². The Morgan fingerprint density at radius 1 is 1.13 bits per heavy atom.